The molecular weight excluding hydrogens is 428 g/mol. The molecule has 3 heterocycles. The summed E-state index contributed by atoms with van der Waals surface area (Å²) >= 11 is 0. The summed E-state index contributed by atoms with van der Waals surface area (Å²) in [4.78, 5) is 35.0. The molecule has 2 aliphatic heterocycles. The topological polar surface area (TPSA) is 83.4 Å². The first-order valence-corrected chi connectivity index (χ1v) is 11.8. The minimum Gasteiger partial charge on any atom is -0.349 e. The first-order chi connectivity index (χ1) is 16.5. The van der Waals surface area contributed by atoms with Gasteiger partial charge in [-0.15, -0.1) is 0 Å². The van der Waals surface area contributed by atoms with Crippen LogP contribution in [0, 0.1) is 0 Å². The summed E-state index contributed by atoms with van der Waals surface area (Å²) in [6.45, 7) is 3.39. The number of piperidine rings is 1. The second-order valence-electron chi connectivity index (χ2n) is 9.32. The molecule has 1 N–H and O–H groups in total. The zero-order valence-corrected chi connectivity index (χ0v) is 19.5. The first-order valence-electron chi connectivity index (χ1n) is 11.8. The van der Waals surface area contributed by atoms with Gasteiger partial charge in [0.1, 0.15) is 6.33 Å². The molecule has 8 nitrogen and oxygen atoms in total. The molecule has 1 saturated heterocycles. The fraction of sp³-hybridized carbons (Fsp3) is 0.385. The van der Waals surface area contributed by atoms with Crippen LogP contribution in [-0.2, 0) is 31.5 Å². The maximum Gasteiger partial charge on any atom is 0.254 e. The van der Waals surface area contributed by atoms with Gasteiger partial charge in [0.2, 0.25) is 5.91 Å². The second-order valence-corrected chi connectivity index (χ2v) is 9.32. The van der Waals surface area contributed by atoms with Crippen LogP contribution in [0.5, 0.6) is 0 Å². The Morgan fingerprint density at radius 3 is 2.50 bits per heavy atom. The fourth-order valence-electron chi connectivity index (χ4n) is 5.15. The van der Waals surface area contributed by atoms with E-state index in [4.69, 9.17) is 0 Å². The van der Waals surface area contributed by atoms with Crippen molar-refractivity contribution in [1.82, 2.24) is 29.9 Å². The molecule has 0 spiro atoms. The summed E-state index contributed by atoms with van der Waals surface area (Å²) in [5.74, 6) is 0.534. The number of benzene rings is 2. The molecule has 1 aromatic heterocycles. The molecule has 2 amide bonds. The summed E-state index contributed by atoms with van der Waals surface area (Å²) in [7, 11) is 1.80. The van der Waals surface area contributed by atoms with Crippen molar-refractivity contribution in [2.75, 3.05) is 13.1 Å². The van der Waals surface area contributed by atoms with Crippen molar-refractivity contribution in [3.63, 3.8) is 0 Å². The summed E-state index contributed by atoms with van der Waals surface area (Å²) in [6.07, 6.45) is 3.41. The van der Waals surface area contributed by atoms with Crippen LogP contribution in [0.1, 0.15) is 46.6 Å². The lowest BCUT2D eigenvalue weighted by molar-refractivity contribution is -0.125. The quantitative estimate of drug-likeness (QED) is 0.588. The number of rotatable bonds is 7. The third kappa shape index (κ3) is 4.59. The molecule has 0 unspecified atom stereocenters. The molecule has 2 aliphatic rings. The van der Waals surface area contributed by atoms with E-state index in [2.05, 4.69) is 44.6 Å². The molecule has 34 heavy (non-hydrogen) atoms. The van der Waals surface area contributed by atoms with Crippen molar-refractivity contribution in [2.45, 2.75) is 44.4 Å². The predicted octanol–water partition coefficient (Wildman–Crippen LogP) is 2.51. The maximum atomic E-state index is 13.4. The van der Waals surface area contributed by atoms with Gasteiger partial charge in [0.05, 0.1) is 18.5 Å². The fourth-order valence-corrected chi connectivity index (χ4v) is 5.15. The van der Waals surface area contributed by atoms with Crippen molar-refractivity contribution in [1.29, 1.82) is 0 Å². The first kappa shape index (κ1) is 22.3. The Labute approximate surface area is 199 Å². The number of fused-ring (bicyclic) bond motifs is 1. The van der Waals surface area contributed by atoms with E-state index in [-0.39, 0.29) is 24.8 Å². The normalized spacial score (nSPS) is 17.6. The number of aromatic nitrogens is 3. The van der Waals surface area contributed by atoms with Crippen LogP contribution >= 0.6 is 0 Å². The Morgan fingerprint density at radius 2 is 1.79 bits per heavy atom. The molecule has 2 aromatic carbocycles. The highest BCUT2D eigenvalue weighted by molar-refractivity contribution is 5.99. The largest absolute Gasteiger partial charge is 0.349 e. The van der Waals surface area contributed by atoms with Crippen LogP contribution in [0.4, 0.5) is 0 Å². The molecule has 3 aromatic rings. The molecule has 176 valence electrons. The van der Waals surface area contributed by atoms with Gasteiger partial charge in [-0.25, -0.2) is 4.98 Å². The minimum absolute atomic E-state index is 0.0336. The summed E-state index contributed by atoms with van der Waals surface area (Å²) < 4.78 is 1.62. The molecule has 5 rings (SSSR count). The maximum absolute atomic E-state index is 13.4. The van der Waals surface area contributed by atoms with Gasteiger partial charge in [0.15, 0.2) is 5.82 Å². The lowest BCUT2D eigenvalue weighted by atomic mass is 9.82. The van der Waals surface area contributed by atoms with Crippen molar-refractivity contribution in [3.05, 3.63) is 83.4 Å². The van der Waals surface area contributed by atoms with Crippen molar-refractivity contribution in [2.24, 2.45) is 7.05 Å². The monoisotopic (exact) mass is 458 g/mol. The zero-order valence-electron chi connectivity index (χ0n) is 19.5. The number of carbonyl (C=O) groups is 2. The zero-order chi connectivity index (χ0) is 23.5. The highest BCUT2D eigenvalue weighted by Crippen LogP contribution is 2.38. The highest BCUT2D eigenvalue weighted by atomic mass is 16.2. The van der Waals surface area contributed by atoms with E-state index >= 15 is 0 Å². The van der Waals surface area contributed by atoms with Gasteiger partial charge in [0.25, 0.3) is 5.91 Å². The lowest BCUT2D eigenvalue weighted by Crippen LogP contribution is -2.57. The van der Waals surface area contributed by atoms with E-state index in [9.17, 15) is 9.59 Å². The van der Waals surface area contributed by atoms with Crippen LogP contribution in [0.3, 0.4) is 0 Å². The SMILES string of the molecule is Cn1cnc(CNC(=O)CC2(N3Cc4ccccc4C3=O)CCN(Cc3ccccc3)CC2)n1. The molecule has 8 heteroatoms. The Balaban J connectivity index is 1.31. The van der Waals surface area contributed by atoms with Gasteiger partial charge in [-0.2, -0.15) is 5.10 Å². The van der Waals surface area contributed by atoms with Crippen LogP contribution < -0.4 is 5.32 Å². The Morgan fingerprint density at radius 1 is 1.06 bits per heavy atom. The number of hydrogen-bond acceptors (Lipinski definition) is 5. The van der Waals surface area contributed by atoms with E-state index in [1.807, 2.05) is 35.2 Å². The van der Waals surface area contributed by atoms with Gasteiger partial charge in [-0.05, 0) is 30.0 Å². The van der Waals surface area contributed by atoms with Gasteiger partial charge in [-0.1, -0.05) is 48.5 Å². The average molecular weight is 459 g/mol. The Bertz CT molecular complexity index is 1170. The number of hydrogen-bond donors (Lipinski definition) is 1. The van der Waals surface area contributed by atoms with E-state index in [1.165, 1.54) is 5.56 Å². The number of nitrogens with one attached hydrogen (secondary N) is 1. The van der Waals surface area contributed by atoms with E-state index in [0.29, 0.717) is 12.4 Å². The molecule has 0 aliphatic carbocycles. The van der Waals surface area contributed by atoms with Crippen molar-refractivity contribution in [3.8, 4) is 0 Å². The lowest BCUT2D eigenvalue weighted by Gasteiger charge is -2.47. The number of likely N-dealkylation sites (tertiary alicyclic amines) is 1. The molecule has 1 fully saturated rings. The van der Waals surface area contributed by atoms with E-state index in [0.717, 1.165) is 43.6 Å². The van der Waals surface area contributed by atoms with E-state index in [1.54, 1.807) is 18.1 Å². The van der Waals surface area contributed by atoms with Crippen molar-refractivity contribution >= 4 is 11.8 Å². The summed E-state index contributed by atoms with van der Waals surface area (Å²) in [5, 5.41) is 7.20. The van der Waals surface area contributed by atoms with Crippen molar-refractivity contribution < 1.29 is 9.59 Å². The average Bonchev–Trinajstić information content (AvgIpc) is 3.43. The second kappa shape index (κ2) is 9.38. The van der Waals surface area contributed by atoms with Crippen LogP contribution in [-0.4, -0.2) is 55.0 Å². The van der Waals surface area contributed by atoms with Gasteiger partial charge < -0.3 is 10.2 Å². The van der Waals surface area contributed by atoms with Crippen LogP contribution in [0.2, 0.25) is 0 Å². The Kier molecular flexibility index (Phi) is 6.15. The number of nitrogens with zero attached hydrogens (tertiary/aromatic N) is 5. The number of carbonyl (C=O) groups excluding carboxylic acids is 2. The summed E-state index contributed by atoms with van der Waals surface area (Å²) in [5.41, 5.74) is 2.56. The molecular formula is C26H30N6O2. The molecule has 0 saturated carbocycles. The van der Waals surface area contributed by atoms with Crippen LogP contribution in [0.15, 0.2) is 60.9 Å². The molecule has 0 atom stereocenters. The molecule has 0 bridgehead atoms. The number of aryl methyl sites for hydroxylation is 1. The standard InChI is InChI=1S/C26H30N6O2/c1-30-19-28-23(29-30)16-27-24(33)15-26(32-18-21-9-5-6-10-22(21)25(32)34)11-13-31(14-12-26)17-20-7-3-2-4-8-20/h2-10,19H,11-18H2,1H3,(H,27,33). The molecule has 0 radical (unpaired) electrons. The van der Waals surface area contributed by atoms with Crippen LogP contribution in [0.25, 0.3) is 0 Å². The minimum atomic E-state index is -0.509. The van der Waals surface area contributed by atoms with Gasteiger partial charge in [0, 0.05) is 38.8 Å². The van der Waals surface area contributed by atoms with Gasteiger partial charge in [-0.3, -0.25) is 19.2 Å². The third-order valence-electron chi connectivity index (χ3n) is 7.01. The smallest absolute Gasteiger partial charge is 0.254 e. The predicted molar refractivity (Wildman–Crippen MR) is 127 cm³/mol. The highest BCUT2D eigenvalue weighted by Gasteiger charge is 2.46. The summed E-state index contributed by atoms with van der Waals surface area (Å²) in [6, 6.07) is 18.2. The third-order valence-corrected chi connectivity index (χ3v) is 7.01. The van der Waals surface area contributed by atoms with Gasteiger partial charge >= 0.3 is 0 Å². The number of amides is 2. The Hall–Kier alpha value is -3.52. The van der Waals surface area contributed by atoms with E-state index < -0.39 is 5.54 Å².